The fourth-order valence-corrected chi connectivity index (χ4v) is 3.72. The van der Waals surface area contributed by atoms with E-state index in [1.807, 2.05) is 13.8 Å². The van der Waals surface area contributed by atoms with Gasteiger partial charge in [0.05, 0.1) is 7.11 Å². The summed E-state index contributed by atoms with van der Waals surface area (Å²) in [5, 5.41) is 0. The Labute approximate surface area is 148 Å². The molecule has 0 bridgehead atoms. The van der Waals surface area contributed by atoms with Gasteiger partial charge in [0, 0.05) is 19.6 Å². The molecule has 9 heteroatoms. The van der Waals surface area contributed by atoms with E-state index >= 15 is 0 Å². The Bertz CT molecular complexity index is 621. The number of benzene rings is 1. The van der Waals surface area contributed by atoms with E-state index in [9.17, 15) is 17.2 Å². The highest BCUT2D eigenvalue weighted by Gasteiger charge is 2.19. The molecule has 0 unspecified atom stereocenters. The molecule has 0 saturated carbocycles. The second kappa shape index (κ2) is 10.5. The highest BCUT2D eigenvalue weighted by atomic mass is 32.2. The first kappa shape index (κ1) is 21.6. The zero-order valence-electron chi connectivity index (χ0n) is 14.8. The zero-order valence-corrected chi connectivity index (χ0v) is 15.6. The maximum Gasteiger partial charge on any atom is 0.387 e. The van der Waals surface area contributed by atoms with Gasteiger partial charge in [-0.1, -0.05) is 19.9 Å². The molecule has 0 heterocycles. The van der Waals surface area contributed by atoms with Crippen LogP contribution in [0.2, 0.25) is 0 Å². The maximum absolute atomic E-state index is 12.3. The van der Waals surface area contributed by atoms with Crippen LogP contribution < -0.4 is 14.2 Å². The molecule has 1 N–H and O–H groups in total. The molecule has 25 heavy (non-hydrogen) atoms. The summed E-state index contributed by atoms with van der Waals surface area (Å²) in [5.74, 6) is 0.123. The molecule has 0 aliphatic rings. The molecular weight excluding hydrogens is 354 g/mol. The minimum Gasteiger partial charge on any atom is -0.493 e. The smallest absolute Gasteiger partial charge is 0.387 e. The summed E-state index contributed by atoms with van der Waals surface area (Å²) in [6, 6.07) is 4.54. The Hall–Kier alpha value is -1.45. The minimum atomic E-state index is -3.53. The topological polar surface area (TPSA) is 67.9 Å². The van der Waals surface area contributed by atoms with Crippen molar-refractivity contribution >= 4 is 10.2 Å². The van der Waals surface area contributed by atoms with Crippen molar-refractivity contribution in [1.82, 2.24) is 9.03 Å². The molecule has 6 nitrogen and oxygen atoms in total. The molecule has 0 saturated heterocycles. The van der Waals surface area contributed by atoms with Crippen molar-refractivity contribution in [3.8, 4) is 11.5 Å². The Morgan fingerprint density at radius 1 is 1.16 bits per heavy atom. The summed E-state index contributed by atoms with van der Waals surface area (Å²) in [5.41, 5.74) is 0.749. The Balaban J connectivity index is 2.68. The second-order valence-corrected chi connectivity index (χ2v) is 7.17. The van der Waals surface area contributed by atoms with Crippen LogP contribution in [0.5, 0.6) is 11.5 Å². The standard InChI is InChI=1S/C16H26F2N2O4S/c1-4-10-20(11-5-2)25(21,22)19-9-8-13-6-7-14(24-16(17)18)15(12-13)23-3/h6-7,12,16,19H,4-5,8-11H2,1-3H3. The van der Waals surface area contributed by atoms with E-state index in [2.05, 4.69) is 9.46 Å². The van der Waals surface area contributed by atoms with Crippen LogP contribution in [0.1, 0.15) is 32.3 Å². The average Bonchev–Trinajstić information content (AvgIpc) is 2.55. The highest BCUT2D eigenvalue weighted by Crippen LogP contribution is 2.29. The number of methoxy groups -OCH3 is 1. The molecule has 0 aliphatic carbocycles. The lowest BCUT2D eigenvalue weighted by Crippen LogP contribution is -2.42. The van der Waals surface area contributed by atoms with Crippen LogP contribution in [0.25, 0.3) is 0 Å². The summed E-state index contributed by atoms with van der Waals surface area (Å²) >= 11 is 0. The maximum atomic E-state index is 12.3. The summed E-state index contributed by atoms with van der Waals surface area (Å²) in [7, 11) is -2.17. The molecule has 1 aromatic rings. The number of ether oxygens (including phenoxy) is 2. The van der Waals surface area contributed by atoms with Gasteiger partial charge in [-0.25, -0.2) is 4.72 Å². The molecule has 0 aliphatic heterocycles. The number of hydrogen-bond donors (Lipinski definition) is 1. The van der Waals surface area contributed by atoms with Crippen molar-refractivity contribution in [2.75, 3.05) is 26.7 Å². The predicted octanol–water partition coefficient (Wildman–Crippen LogP) is 2.80. The zero-order chi connectivity index (χ0) is 18.9. The second-order valence-electron chi connectivity index (χ2n) is 5.41. The lowest BCUT2D eigenvalue weighted by molar-refractivity contribution is -0.0512. The number of nitrogens with zero attached hydrogens (tertiary/aromatic N) is 1. The highest BCUT2D eigenvalue weighted by molar-refractivity contribution is 7.87. The average molecular weight is 380 g/mol. The first-order chi connectivity index (χ1) is 11.8. The van der Waals surface area contributed by atoms with Crippen LogP contribution in [0.3, 0.4) is 0 Å². The van der Waals surface area contributed by atoms with Gasteiger partial charge in [-0.05, 0) is 37.0 Å². The van der Waals surface area contributed by atoms with Gasteiger partial charge in [0.15, 0.2) is 11.5 Å². The number of halogens is 2. The number of hydrogen-bond acceptors (Lipinski definition) is 4. The van der Waals surface area contributed by atoms with Gasteiger partial charge in [-0.3, -0.25) is 0 Å². The number of rotatable bonds is 12. The minimum absolute atomic E-state index is 0.0566. The Morgan fingerprint density at radius 3 is 2.32 bits per heavy atom. The largest absolute Gasteiger partial charge is 0.493 e. The third-order valence-electron chi connectivity index (χ3n) is 3.43. The summed E-state index contributed by atoms with van der Waals surface area (Å²) in [6.45, 7) is 2.05. The van der Waals surface area contributed by atoms with Gasteiger partial charge in [0.25, 0.3) is 10.2 Å². The first-order valence-electron chi connectivity index (χ1n) is 8.20. The molecule has 0 spiro atoms. The van der Waals surface area contributed by atoms with Crippen LogP contribution in [0.4, 0.5) is 8.78 Å². The van der Waals surface area contributed by atoms with Gasteiger partial charge in [0.2, 0.25) is 0 Å². The van der Waals surface area contributed by atoms with Gasteiger partial charge in [0.1, 0.15) is 0 Å². The SMILES string of the molecule is CCCN(CCC)S(=O)(=O)NCCc1ccc(OC(F)F)c(OC)c1. The third kappa shape index (κ3) is 7.13. The first-order valence-corrected chi connectivity index (χ1v) is 9.64. The van der Waals surface area contributed by atoms with E-state index in [1.165, 1.54) is 17.5 Å². The molecule has 0 fully saturated rings. The lowest BCUT2D eigenvalue weighted by Gasteiger charge is -2.21. The molecule has 0 aromatic heterocycles. The van der Waals surface area contributed by atoms with E-state index in [0.29, 0.717) is 19.5 Å². The molecule has 0 amide bonds. The van der Waals surface area contributed by atoms with Crippen molar-refractivity contribution in [2.24, 2.45) is 0 Å². The van der Waals surface area contributed by atoms with Crippen LogP contribution >= 0.6 is 0 Å². The van der Waals surface area contributed by atoms with E-state index < -0.39 is 16.8 Å². The van der Waals surface area contributed by atoms with E-state index in [0.717, 1.165) is 18.4 Å². The van der Waals surface area contributed by atoms with Crippen molar-refractivity contribution in [1.29, 1.82) is 0 Å². The van der Waals surface area contributed by atoms with Crippen LogP contribution in [0, 0.1) is 0 Å². The predicted molar refractivity (Wildman–Crippen MR) is 92.4 cm³/mol. The van der Waals surface area contributed by atoms with Crippen LogP contribution in [0.15, 0.2) is 18.2 Å². The van der Waals surface area contributed by atoms with Gasteiger partial charge < -0.3 is 9.47 Å². The Morgan fingerprint density at radius 2 is 1.80 bits per heavy atom. The summed E-state index contributed by atoms with van der Waals surface area (Å²) < 4.78 is 62.6. The van der Waals surface area contributed by atoms with Crippen molar-refractivity contribution in [3.63, 3.8) is 0 Å². The van der Waals surface area contributed by atoms with Crippen LogP contribution in [-0.2, 0) is 16.6 Å². The molecule has 1 aromatic carbocycles. The monoisotopic (exact) mass is 380 g/mol. The molecular formula is C16H26F2N2O4S. The quantitative estimate of drug-likeness (QED) is 0.605. The number of alkyl halides is 2. The fraction of sp³-hybridized carbons (Fsp3) is 0.625. The van der Waals surface area contributed by atoms with Crippen molar-refractivity contribution < 1.29 is 26.7 Å². The fourth-order valence-electron chi connectivity index (χ4n) is 2.33. The normalized spacial score (nSPS) is 12.0. The van der Waals surface area contributed by atoms with Crippen molar-refractivity contribution in [2.45, 2.75) is 39.7 Å². The van der Waals surface area contributed by atoms with Gasteiger partial charge in [-0.2, -0.15) is 21.5 Å². The van der Waals surface area contributed by atoms with E-state index in [-0.39, 0.29) is 18.0 Å². The van der Waals surface area contributed by atoms with Crippen LogP contribution in [-0.4, -0.2) is 46.1 Å². The molecule has 144 valence electrons. The lowest BCUT2D eigenvalue weighted by atomic mass is 10.1. The molecule has 0 radical (unpaired) electrons. The summed E-state index contributed by atoms with van der Waals surface area (Å²) in [4.78, 5) is 0. The van der Waals surface area contributed by atoms with E-state index in [1.54, 1.807) is 12.1 Å². The third-order valence-corrected chi connectivity index (χ3v) is 5.04. The van der Waals surface area contributed by atoms with Crippen molar-refractivity contribution in [3.05, 3.63) is 23.8 Å². The number of nitrogens with one attached hydrogen (secondary N) is 1. The van der Waals surface area contributed by atoms with Gasteiger partial charge in [-0.15, -0.1) is 0 Å². The summed E-state index contributed by atoms with van der Waals surface area (Å²) in [6.07, 6.45) is 1.88. The molecule has 0 atom stereocenters. The van der Waals surface area contributed by atoms with Gasteiger partial charge >= 0.3 is 6.61 Å². The van der Waals surface area contributed by atoms with E-state index in [4.69, 9.17) is 4.74 Å². The Kier molecular flexibility index (Phi) is 9.09. The molecule has 1 rings (SSSR count).